The maximum Gasteiger partial charge on any atom is 0.272 e. The van der Waals surface area contributed by atoms with Crippen molar-refractivity contribution in [1.29, 1.82) is 0 Å². The maximum atomic E-state index is 13.3. The van der Waals surface area contributed by atoms with Gasteiger partial charge in [0, 0.05) is 6.07 Å². The summed E-state index contributed by atoms with van der Waals surface area (Å²) >= 11 is 0. The van der Waals surface area contributed by atoms with Crippen LogP contribution in [0.2, 0.25) is 0 Å². The molecular weight excluding hydrogens is 201 g/mol. The second kappa shape index (κ2) is 4.54. The molecule has 0 unspecified atom stereocenters. The summed E-state index contributed by atoms with van der Waals surface area (Å²) in [5.74, 6) is -0.535. The molecule has 0 saturated carbocycles. The molecule has 0 fully saturated rings. The first-order valence-electron chi connectivity index (χ1n) is 4.32. The molecule has 0 aliphatic carbocycles. The molecule has 0 atom stereocenters. The number of rotatable bonds is 4. The number of nitrogens with zero attached hydrogens (tertiary/aromatic N) is 1. The molecule has 0 aliphatic heterocycles. The Morgan fingerprint density at radius 3 is 2.80 bits per heavy atom. The molecule has 0 radical (unpaired) electrons. The first kappa shape index (κ1) is 11.2. The van der Waals surface area contributed by atoms with Crippen molar-refractivity contribution in [3.8, 4) is 0 Å². The van der Waals surface area contributed by atoms with Crippen LogP contribution in [-0.2, 0) is 4.74 Å². The fourth-order valence-corrected chi connectivity index (χ4v) is 1.10. The van der Waals surface area contributed by atoms with Gasteiger partial charge >= 0.3 is 0 Å². The smallest absolute Gasteiger partial charge is 0.272 e. The molecule has 0 heterocycles. The fourth-order valence-electron chi connectivity index (χ4n) is 1.10. The van der Waals surface area contributed by atoms with Gasteiger partial charge in [-0.2, -0.15) is 0 Å². The van der Waals surface area contributed by atoms with E-state index in [0.29, 0.717) is 6.61 Å². The van der Waals surface area contributed by atoms with Gasteiger partial charge in [0.1, 0.15) is 11.6 Å². The molecule has 5 heteroatoms. The summed E-state index contributed by atoms with van der Waals surface area (Å²) in [6, 6.07) is 3.34. The Balaban J connectivity index is 3.03. The van der Waals surface area contributed by atoms with E-state index in [1.165, 1.54) is 12.1 Å². The summed E-state index contributed by atoms with van der Waals surface area (Å²) in [5, 5.41) is 10.3. The molecule has 0 saturated heterocycles. The van der Waals surface area contributed by atoms with E-state index in [4.69, 9.17) is 4.74 Å². The lowest BCUT2D eigenvalue weighted by atomic mass is 10.1. The third kappa shape index (κ3) is 2.52. The number of non-ortho nitro benzene ring substituents is 1. The van der Waals surface area contributed by atoms with Crippen molar-refractivity contribution < 1.29 is 14.1 Å². The van der Waals surface area contributed by atoms with E-state index in [9.17, 15) is 14.5 Å². The van der Waals surface area contributed by atoms with Crippen molar-refractivity contribution in [2.75, 3.05) is 6.61 Å². The van der Waals surface area contributed by atoms with Gasteiger partial charge in [-0.3, -0.25) is 10.1 Å². The summed E-state index contributed by atoms with van der Waals surface area (Å²) in [7, 11) is 0. The normalized spacial score (nSPS) is 9.73. The number of nitro groups is 1. The van der Waals surface area contributed by atoms with E-state index in [-0.39, 0.29) is 17.0 Å². The van der Waals surface area contributed by atoms with Crippen LogP contribution in [0.5, 0.6) is 0 Å². The number of halogens is 1. The second-order valence-electron chi connectivity index (χ2n) is 2.78. The highest BCUT2D eigenvalue weighted by Crippen LogP contribution is 2.22. The first-order chi connectivity index (χ1) is 7.06. The Kier molecular flexibility index (Phi) is 3.38. The van der Waals surface area contributed by atoms with Crippen molar-refractivity contribution in [2.45, 2.75) is 6.92 Å². The first-order valence-corrected chi connectivity index (χ1v) is 4.32. The van der Waals surface area contributed by atoms with Gasteiger partial charge in [0.15, 0.2) is 0 Å². The van der Waals surface area contributed by atoms with Gasteiger partial charge in [0.25, 0.3) is 5.69 Å². The van der Waals surface area contributed by atoms with Crippen molar-refractivity contribution >= 4 is 11.4 Å². The van der Waals surface area contributed by atoms with Gasteiger partial charge in [-0.25, -0.2) is 4.39 Å². The lowest BCUT2D eigenvalue weighted by molar-refractivity contribution is -0.385. The molecule has 0 N–H and O–H groups in total. The number of nitro benzene ring substituents is 1. The van der Waals surface area contributed by atoms with Crippen LogP contribution in [0.4, 0.5) is 10.1 Å². The zero-order chi connectivity index (χ0) is 11.4. The average molecular weight is 211 g/mol. The largest absolute Gasteiger partial charge is 0.494 e. The molecule has 1 aromatic rings. The van der Waals surface area contributed by atoms with Gasteiger partial charge in [0.2, 0.25) is 0 Å². The third-order valence-corrected chi connectivity index (χ3v) is 1.78. The van der Waals surface area contributed by atoms with Crippen LogP contribution < -0.4 is 0 Å². The minimum Gasteiger partial charge on any atom is -0.494 e. The van der Waals surface area contributed by atoms with E-state index in [1.807, 2.05) is 0 Å². The van der Waals surface area contributed by atoms with Crippen LogP contribution in [0, 0.1) is 15.9 Å². The van der Waals surface area contributed by atoms with Crippen LogP contribution in [0.25, 0.3) is 5.76 Å². The van der Waals surface area contributed by atoms with E-state index in [1.54, 1.807) is 6.92 Å². The van der Waals surface area contributed by atoms with E-state index < -0.39 is 10.7 Å². The van der Waals surface area contributed by atoms with Gasteiger partial charge in [-0.1, -0.05) is 6.58 Å². The number of ether oxygens (including phenoxy) is 1. The predicted octanol–water partition coefficient (Wildman–Crippen LogP) is 2.74. The van der Waals surface area contributed by atoms with E-state index in [0.717, 1.165) is 6.07 Å². The molecule has 15 heavy (non-hydrogen) atoms. The summed E-state index contributed by atoms with van der Waals surface area (Å²) in [4.78, 5) is 9.69. The van der Waals surface area contributed by atoms with Crippen LogP contribution in [0.3, 0.4) is 0 Å². The van der Waals surface area contributed by atoms with Crippen LogP contribution in [0.1, 0.15) is 12.5 Å². The molecule has 0 bridgehead atoms. The summed E-state index contributed by atoms with van der Waals surface area (Å²) in [6.45, 7) is 5.63. The monoisotopic (exact) mass is 211 g/mol. The Hall–Kier alpha value is -1.91. The lowest BCUT2D eigenvalue weighted by Crippen LogP contribution is -1.96. The van der Waals surface area contributed by atoms with Crippen LogP contribution in [0.15, 0.2) is 24.8 Å². The van der Waals surface area contributed by atoms with Gasteiger partial charge in [-0.15, -0.1) is 0 Å². The Labute approximate surface area is 86.1 Å². The van der Waals surface area contributed by atoms with Crippen molar-refractivity contribution in [3.05, 3.63) is 46.3 Å². The average Bonchev–Trinajstić information content (AvgIpc) is 2.17. The highest BCUT2D eigenvalue weighted by atomic mass is 19.1. The highest BCUT2D eigenvalue weighted by Gasteiger charge is 2.12. The van der Waals surface area contributed by atoms with Gasteiger partial charge in [0.05, 0.1) is 23.2 Å². The Bertz CT molecular complexity index is 404. The van der Waals surface area contributed by atoms with Crippen molar-refractivity contribution in [3.63, 3.8) is 0 Å². The van der Waals surface area contributed by atoms with E-state index >= 15 is 0 Å². The van der Waals surface area contributed by atoms with Crippen molar-refractivity contribution in [2.24, 2.45) is 0 Å². The van der Waals surface area contributed by atoms with E-state index in [2.05, 4.69) is 6.58 Å². The molecule has 0 aliphatic rings. The van der Waals surface area contributed by atoms with Crippen LogP contribution in [-0.4, -0.2) is 11.5 Å². The topological polar surface area (TPSA) is 52.4 Å². The quantitative estimate of drug-likeness (QED) is 0.437. The zero-order valence-electron chi connectivity index (χ0n) is 8.20. The van der Waals surface area contributed by atoms with Crippen LogP contribution >= 0.6 is 0 Å². The molecule has 0 aromatic heterocycles. The maximum absolute atomic E-state index is 13.3. The standard InChI is InChI=1S/C10H10FNO3/c1-3-15-7(2)9-5-4-8(12(13)14)6-10(9)11/h4-6H,2-3H2,1H3. The van der Waals surface area contributed by atoms with Gasteiger partial charge < -0.3 is 4.74 Å². The molecule has 0 amide bonds. The number of hydrogen-bond acceptors (Lipinski definition) is 3. The number of hydrogen-bond donors (Lipinski definition) is 0. The molecule has 0 spiro atoms. The molecule has 4 nitrogen and oxygen atoms in total. The fraction of sp³-hybridized carbons (Fsp3) is 0.200. The summed E-state index contributed by atoms with van der Waals surface area (Å²) in [6.07, 6.45) is 0. The minimum atomic E-state index is -0.706. The molecule has 1 rings (SSSR count). The minimum absolute atomic E-state index is 0.141. The molecular formula is C10H10FNO3. The Morgan fingerprint density at radius 1 is 1.67 bits per heavy atom. The Morgan fingerprint density at radius 2 is 2.33 bits per heavy atom. The predicted molar refractivity (Wildman–Crippen MR) is 53.7 cm³/mol. The van der Waals surface area contributed by atoms with Gasteiger partial charge in [-0.05, 0) is 13.0 Å². The van der Waals surface area contributed by atoms with Crippen molar-refractivity contribution in [1.82, 2.24) is 0 Å². The summed E-state index contributed by atoms with van der Waals surface area (Å²) in [5.41, 5.74) is -0.150. The lowest BCUT2D eigenvalue weighted by Gasteiger charge is -2.07. The highest BCUT2D eigenvalue weighted by molar-refractivity contribution is 5.59. The second-order valence-corrected chi connectivity index (χ2v) is 2.78. The molecule has 1 aromatic carbocycles. The molecule has 80 valence electrons. The summed E-state index contributed by atoms with van der Waals surface area (Å²) < 4.78 is 18.3. The number of benzene rings is 1. The SMILES string of the molecule is C=C(OCC)c1ccc([N+](=O)[O-])cc1F. The third-order valence-electron chi connectivity index (χ3n) is 1.78. The zero-order valence-corrected chi connectivity index (χ0v) is 8.20.